The van der Waals surface area contributed by atoms with E-state index in [0.29, 0.717) is 11.5 Å². The van der Waals surface area contributed by atoms with Crippen molar-refractivity contribution in [1.29, 1.82) is 0 Å². The molecule has 72 valence electrons. The third-order valence-corrected chi connectivity index (χ3v) is 3.16. The zero-order valence-corrected chi connectivity index (χ0v) is 8.39. The number of allylic oxidation sites excluding steroid dienone is 1. The first-order valence-electron chi connectivity index (χ1n) is 5.08. The Kier molecular flexibility index (Phi) is 1.94. The first kappa shape index (κ1) is 8.79. The van der Waals surface area contributed by atoms with Gasteiger partial charge in [-0.25, -0.2) is 0 Å². The molecule has 1 unspecified atom stereocenters. The SMILES string of the molecule is CC1(C)CC1NC(=O)C=C1CCC1. The van der Waals surface area contributed by atoms with E-state index in [-0.39, 0.29) is 5.91 Å². The summed E-state index contributed by atoms with van der Waals surface area (Å²) in [7, 11) is 0. The summed E-state index contributed by atoms with van der Waals surface area (Å²) < 4.78 is 0. The molecule has 2 heteroatoms. The summed E-state index contributed by atoms with van der Waals surface area (Å²) in [5.41, 5.74) is 1.66. The molecule has 0 bridgehead atoms. The molecule has 2 aliphatic carbocycles. The largest absolute Gasteiger partial charge is 0.349 e. The average molecular weight is 179 g/mol. The van der Waals surface area contributed by atoms with Gasteiger partial charge in [0.15, 0.2) is 0 Å². The van der Waals surface area contributed by atoms with Gasteiger partial charge in [0.2, 0.25) is 5.91 Å². The van der Waals surface area contributed by atoms with Crippen LogP contribution in [0.5, 0.6) is 0 Å². The highest BCUT2D eigenvalue weighted by molar-refractivity contribution is 5.89. The minimum Gasteiger partial charge on any atom is -0.349 e. The highest BCUT2D eigenvalue weighted by Gasteiger charge is 2.46. The molecule has 1 atom stereocenters. The van der Waals surface area contributed by atoms with Crippen molar-refractivity contribution < 1.29 is 4.79 Å². The molecule has 0 radical (unpaired) electrons. The van der Waals surface area contributed by atoms with Crippen molar-refractivity contribution in [2.75, 3.05) is 0 Å². The Labute approximate surface area is 79.4 Å². The van der Waals surface area contributed by atoms with Crippen LogP contribution in [0.15, 0.2) is 11.6 Å². The van der Waals surface area contributed by atoms with E-state index >= 15 is 0 Å². The third-order valence-electron chi connectivity index (χ3n) is 3.16. The van der Waals surface area contributed by atoms with Gasteiger partial charge >= 0.3 is 0 Å². The van der Waals surface area contributed by atoms with Crippen molar-refractivity contribution >= 4 is 5.91 Å². The summed E-state index contributed by atoms with van der Waals surface area (Å²) in [6.07, 6.45) is 6.43. The van der Waals surface area contributed by atoms with Crippen LogP contribution in [-0.4, -0.2) is 11.9 Å². The van der Waals surface area contributed by atoms with Crippen molar-refractivity contribution in [3.63, 3.8) is 0 Å². The normalized spacial score (nSPS) is 29.1. The second kappa shape index (κ2) is 2.86. The molecule has 2 nitrogen and oxygen atoms in total. The molecule has 0 saturated heterocycles. The van der Waals surface area contributed by atoms with E-state index in [4.69, 9.17) is 0 Å². The molecule has 0 aromatic carbocycles. The van der Waals surface area contributed by atoms with E-state index in [2.05, 4.69) is 19.2 Å². The van der Waals surface area contributed by atoms with Crippen molar-refractivity contribution in [2.45, 2.75) is 45.6 Å². The molecule has 2 saturated carbocycles. The lowest BCUT2D eigenvalue weighted by Crippen LogP contribution is -2.27. The predicted molar refractivity (Wildman–Crippen MR) is 52.3 cm³/mol. The Balaban J connectivity index is 1.79. The van der Waals surface area contributed by atoms with Gasteiger partial charge in [0, 0.05) is 12.1 Å². The van der Waals surface area contributed by atoms with Crippen molar-refractivity contribution in [1.82, 2.24) is 5.32 Å². The van der Waals surface area contributed by atoms with Crippen LogP contribution in [0.25, 0.3) is 0 Å². The first-order chi connectivity index (χ1) is 6.08. The Morgan fingerprint density at radius 3 is 2.54 bits per heavy atom. The lowest BCUT2D eigenvalue weighted by Gasteiger charge is -2.15. The van der Waals surface area contributed by atoms with E-state index in [9.17, 15) is 4.79 Å². The molecule has 2 aliphatic rings. The maximum atomic E-state index is 11.4. The fraction of sp³-hybridized carbons (Fsp3) is 0.727. The first-order valence-corrected chi connectivity index (χ1v) is 5.08. The second-order valence-electron chi connectivity index (χ2n) is 4.91. The van der Waals surface area contributed by atoms with Crippen LogP contribution in [0.3, 0.4) is 0 Å². The summed E-state index contributed by atoms with van der Waals surface area (Å²) in [4.78, 5) is 11.4. The van der Waals surface area contributed by atoms with E-state index in [0.717, 1.165) is 19.3 Å². The number of amides is 1. The average Bonchev–Trinajstić information content (AvgIpc) is 2.50. The summed E-state index contributed by atoms with van der Waals surface area (Å²) in [5.74, 6) is 0.116. The van der Waals surface area contributed by atoms with Gasteiger partial charge in [-0.15, -0.1) is 0 Å². The highest BCUT2D eigenvalue weighted by atomic mass is 16.1. The molecule has 0 spiro atoms. The van der Waals surface area contributed by atoms with E-state index in [1.807, 2.05) is 0 Å². The lowest BCUT2D eigenvalue weighted by atomic mass is 9.92. The number of hydrogen-bond acceptors (Lipinski definition) is 1. The highest BCUT2D eigenvalue weighted by Crippen LogP contribution is 2.44. The van der Waals surface area contributed by atoms with Gasteiger partial charge in [-0.3, -0.25) is 4.79 Å². The predicted octanol–water partition coefficient (Wildman–Crippen LogP) is 2.01. The Morgan fingerprint density at radius 2 is 2.15 bits per heavy atom. The standard InChI is InChI=1S/C11H17NO/c1-11(2)7-9(11)12-10(13)6-8-4-3-5-8/h6,9H,3-5,7H2,1-2H3,(H,12,13). The van der Waals surface area contributed by atoms with Gasteiger partial charge in [-0.2, -0.15) is 0 Å². The minimum atomic E-state index is 0.116. The van der Waals surface area contributed by atoms with Gasteiger partial charge in [-0.05, 0) is 31.1 Å². The van der Waals surface area contributed by atoms with Crippen LogP contribution in [0.1, 0.15) is 39.5 Å². The zero-order chi connectivity index (χ0) is 9.47. The van der Waals surface area contributed by atoms with Gasteiger partial charge in [0.1, 0.15) is 0 Å². The molecule has 1 N–H and O–H groups in total. The van der Waals surface area contributed by atoms with Crippen LogP contribution in [0, 0.1) is 5.41 Å². The Morgan fingerprint density at radius 1 is 1.54 bits per heavy atom. The lowest BCUT2D eigenvalue weighted by molar-refractivity contribution is -0.116. The molecule has 0 aromatic rings. The van der Waals surface area contributed by atoms with Gasteiger partial charge in [0.25, 0.3) is 0 Å². The van der Waals surface area contributed by atoms with Crippen LogP contribution in [-0.2, 0) is 4.79 Å². The maximum Gasteiger partial charge on any atom is 0.244 e. The van der Waals surface area contributed by atoms with Crippen LogP contribution in [0.4, 0.5) is 0 Å². The molecule has 2 rings (SSSR count). The van der Waals surface area contributed by atoms with Gasteiger partial charge in [-0.1, -0.05) is 19.4 Å². The molecule has 0 aromatic heterocycles. The molecule has 1 amide bonds. The monoisotopic (exact) mass is 179 g/mol. The summed E-state index contributed by atoms with van der Waals surface area (Å²) in [5, 5.41) is 3.03. The Bertz CT molecular complexity index is 259. The topological polar surface area (TPSA) is 29.1 Å². The van der Waals surface area contributed by atoms with Crippen molar-refractivity contribution in [2.24, 2.45) is 5.41 Å². The number of rotatable bonds is 2. The summed E-state index contributed by atoms with van der Waals surface area (Å²) >= 11 is 0. The number of carbonyl (C=O) groups is 1. The minimum absolute atomic E-state index is 0.116. The fourth-order valence-corrected chi connectivity index (χ4v) is 1.64. The fourth-order valence-electron chi connectivity index (χ4n) is 1.64. The molecule has 0 aliphatic heterocycles. The van der Waals surface area contributed by atoms with Gasteiger partial charge < -0.3 is 5.32 Å². The second-order valence-corrected chi connectivity index (χ2v) is 4.91. The molecule has 2 fully saturated rings. The summed E-state index contributed by atoms with van der Waals surface area (Å²) in [6, 6.07) is 0.414. The number of carbonyl (C=O) groups excluding carboxylic acids is 1. The maximum absolute atomic E-state index is 11.4. The zero-order valence-electron chi connectivity index (χ0n) is 8.39. The third kappa shape index (κ3) is 1.93. The van der Waals surface area contributed by atoms with E-state index < -0.39 is 0 Å². The van der Waals surface area contributed by atoms with Crippen molar-refractivity contribution in [3.8, 4) is 0 Å². The molecule has 13 heavy (non-hydrogen) atoms. The van der Waals surface area contributed by atoms with Crippen LogP contribution in [0.2, 0.25) is 0 Å². The molecular weight excluding hydrogens is 162 g/mol. The van der Waals surface area contributed by atoms with Crippen molar-refractivity contribution in [3.05, 3.63) is 11.6 Å². The van der Waals surface area contributed by atoms with Crippen LogP contribution >= 0.6 is 0 Å². The van der Waals surface area contributed by atoms with Crippen LogP contribution < -0.4 is 5.32 Å². The van der Waals surface area contributed by atoms with E-state index in [1.54, 1.807) is 6.08 Å². The summed E-state index contributed by atoms with van der Waals surface area (Å²) in [6.45, 7) is 4.38. The molecular formula is C11H17NO. The van der Waals surface area contributed by atoms with E-state index in [1.165, 1.54) is 12.0 Å². The Hall–Kier alpha value is -0.790. The quantitative estimate of drug-likeness (QED) is 0.645. The molecule has 0 heterocycles. The smallest absolute Gasteiger partial charge is 0.244 e. The number of nitrogens with one attached hydrogen (secondary N) is 1. The van der Waals surface area contributed by atoms with Gasteiger partial charge in [0.05, 0.1) is 0 Å². The number of hydrogen-bond donors (Lipinski definition) is 1.